The van der Waals surface area contributed by atoms with Crippen molar-refractivity contribution in [3.63, 3.8) is 0 Å². The lowest BCUT2D eigenvalue weighted by atomic mass is 10.0. The number of nitrogens with one attached hydrogen (secondary N) is 1. The first-order chi connectivity index (χ1) is 14.2. The quantitative estimate of drug-likeness (QED) is 0.627. The predicted octanol–water partition coefficient (Wildman–Crippen LogP) is 3.83. The SMILES string of the molecule is COc1ccccc1-c1nn(-c2ccccc2)cc1C(=O)NC1CCCC1CN.Cl. The summed E-state index contributed by atoms with van der Waals surface area (Å²) in [5, 5.41) is 7.94. The van der Waals surface area contributed by atoms with Crippen molar-refractivity contribution < 1.29 is 9.53 Å². The minimum atomic E-state index is -0.126. The highest BCUT2D eigenvalue weighted by atomic mass is 35.5. The van der Waals surface area contributed by atoms with Gasteiger partial charge in [0.15, 0.2) is 0 Å². The van der Waals surface area contributed by atoms with E-state index in [9.17, 15) is 4.79 Å². The molecule has 0 saturated heterocycles. The molecule has 6 nitrogen and oxygen atoms in total. The van der Waals surface area contributed by atoms with Crippen molar-refractivity contribution in [2.24, 2.45) is 11.7 Å². The highest BCUT2D eigenvalue weighted by molar-refractivity contribution is 6.00. The molecule has 1 aliphatic rings. The van der Waals surface area contributed by atoms with Gasteiger partial charge in [-0.05, 0) is 49.6 Å². The second-order valence-corrected chi connectivity index (χ2v) is 7.38. The number of amides is 1. The molecule has 0 spiro atoms. The monoisotopic (exact) mass is 426 g/mol. The van der Waals surface area contributed by atoms with Crippen LogP contribution in [-0.2, 0) is 0 Å². The zero-order valence-electron chi connectivity index (χ0n) is 17.0. The molecule has 0 aliphatic heterocycles. The summed E-state index contributed by atoms with van der Waals surface area (Å²) >= 11 is 0. The van der Waals surface area contributed by atoms with E-state index in [-0.39, 0.29) is 24.4 Å². The van der Waals surface area contributed by atoms with E-state index < -0.39 is 0 Å². The topological polar surface area (TPSA) is 82.2 Å². The molecule has 1 fully saturated rings. The summed E-state index contributed by atoms with van der Waals surface area (Å²) in [5.74, 6) is 0.886. The molecule has 4 rings (SSSR count). The number of hydrogen-bond acceptors (Lipinski definition) is 4. The lowest BCUT2D eigenvalue weighted by molar-refractivity contribution is 0.0929. The number of rotatable bonds is 6. The smallest absolute Gasteiger partial charge is 0.255 e. The zero-order chi connectivity index (χ0) is 20.2. The number of hydrogen-bond donors (Lipinski definition) is 2. The minimum absolute atomic E-state index is 0. The number of aromatic nitrogens is 2. The summed E-state index contributed by atoms with van der Waals surface area (Å²) in [7, 11) is 1.62. The van der Waals surface area contributed by atoms with Gasteiger partial charge < -0.3 is 15.8 Å². The maximum atomic E-state index is 13.3. The molecule has 1 amide bonds. The molecule has 0 radical (unpaired) electrons. The highest BCUT2D eigenvalue weighted by Crippen LogP contribution is 2.32. The van der Waals surface area contributed by atoms with Crippen LogP contribution in [0, 0.1) is 5.92 Å². The van der Waals surface area contributed by atoms with Crippen LogP contribution >= 0.6 is 12.4 Å². The first kappa shape index (κ1) is 21.9. The molecule has 1 aromatic heterocycles. The number of benzene rings is 2. The fraction of sp³-hybridized carbons (Fsp3) is 0.304. The van der Waals surface area contributed by atoms with Gasteiger partial charge in [-0.25, -0.2) is 4.68 Å². The van der Waals surface area contributed by atoms with E-state index in [0.29, 0.717) is 29.5 Å². The average Bonchev–Trinajstić information content (AvgIpc) is 3.41. The first-order valence-corrected chi connectivity index (χ1v) is 10.0. The summed E-state index contributed by atoms with van der Waals surface area (Å²) in [6, 6.07) is 17.5. The Morgan fingerprint density at radius 3 is 2.63 bits per heavy atom. The van der Waals surface area contributed by atoms with E-state index in [1.165, 1.54) is 0 Å². The molecule has 3 aromatic rings. The molecule has 2 atom stereocenters. The Labute approximate surface area is 182 Å². The van der Waals surface area contributed by atoms with E-state index in [4.69, 9.17) is 15.6 Å². The molecule has 1 saturated carbocycles. The van der Waals surface area contributed by atoms with Crippen LogP contribution in [-0.4, -0.2) is 35.4 Å². The second-order valence-electron chi connectivity index (χ2n) is 7.38. The van der Waals surface area contributed by atoms with Crippen LogP contribution in [0.2, 0.25) is 0 Å². The van der Waals surface area contributed by atoms with Crippen molar-refractivity contribution in [1.29, 1.82) is 0 Å². The summed E-state index contributed by atoms with van der Waals surface area (Å²) in [6.45, 7) is 0.591. The third-order valence-electron chi connectivity index (χ3n) is 5.62. The maximum absolute atomic E-state index is 13.3. The van der Waals surface area contributed by atoms with Crippen molar-refractivity contribution >= 4 is 18.3 Å². The van der Waals surface area contributed by atoms with Crippen LogP contribution < -0.4 is 15.8 Å². The van der Waals surface area contributed by atoms with Gasteiger partial charge in [0.25, 0.3) is 5.91 Å². The number of ether oxygens (including phenoxy) is 1. The number of halogens is 1. The van der Waals surface area contributed by atoms with Gasteiger partial charge in [-0.1, -0.05) is 36.8 Å². The molecular weight excluding hydrogens is 400 g/mol. The molecule has 7 heteroatoms. The highest BCUT2D eigenvalue weighted by Gasteiger charge is 2.29. The largest absolute Gasteiger partial charge is 0.496 e. The average molecular weight is 427 g/mol. The molecule has 2 unspecified atom stereocenters. The van der Waals surface area contributed by atoms with Gasteiger partial charge in [-0.15, -0.1) is 12.4 Å². The van der Waals surface area contributed by atoms with Gasteiger partial charge in [-0.3, -0.25) is 4.79 Å². The minimum Gasteiger partial charge on any atom is -0.496 e. The third kappa shape index (κ3) is 4.35. The van der Waals surface area contributed by atoms with E-state index in [0.717, 1.165) is 30.5 Å². The molecule has 0 bridgehead atoms. The Bertz CT molecular complexity index is 990. The fourth-order valence-electron chi connectivity index (χ4n) is 4.05. The summed E-state index contributed by atoms with van der Waals surface area (Å²) in [4.78, 5) is 13.3. The lowest BCUT2D eigenvalue weighted by Gasteiger charge is -2.19. The number of para-hydroxylation sites is 2. The molecule has 158 valence electrons. The number of nitrogens with two attached hydrogens (primary N) is 1. The standard InChI is InChI=1S/C23H26N4O2.ClH/c1-29-21-13-6-5-11-18(21)22-19(15-27(26-22)17-9-3-2-4-10-17)23(28)25-20-12-7-8-16(20)14-24;/h2-6,9-11,13,15-16,20H,7-8,12,14,24H2,1H3,(H,25,28);1H. The summed E-state index contributed by atoms with van der Waals surface area (Å²) < 4.78 is 7.26. The number of methoxy groups -OCH3 is 1. The van der Waals surface area contributed by atoms with Crippen molar-refractivity contribution in [2.75, 3.05) is 13.7 Å². The number of carbonyl (C=O) groups is 1. The molecule has 30 heavy (non-hydrogen) atoms. The van der Waals surface area contributed by atoms with Crippen LogP contribution in [0.3, 0.4) is 0 Å². The molecule has 2 aromatic carbocycles. The van der Waals surface area contributed by atoms with Crippen LogP contribution in [0.15, 0.2) is 60.8 Å². The summed E-state index contributed by atoms with van der Waals surface area (Å²) in [6.07, 6.45) is 4.91. The van der Waals surface area contributed by atoms with Crippen molar-refractivity contribution in [1.82, 2.24) is 15.1 Å². The van der Waals surface area contributed by atoms with E-state index in [1.807, 2.05) is 54.6 Å². The van der Waals surface area contributed by atoms with Crippen LogP contribution in [0.5, 0.6) is 5.75 Å². The first-order valence-electron chi connectivity index (χ1n) is 10.0. The molecule has 1 heterocycles. The number of nitrogens with zero attached hydrogens (tertiary/aromatic N) is 2. The van der Waals surface area contributed by atoms with Crippen molar-refractivity contribution in [3.05, 3.63) is 66.4 Å². The lowest BCUT2D eigenvalue weighted by Crippen LogP contribution is -2.39. The van der Waals surface area contributed by atoms with E-state index >= 15 is 0 Å². The Hall–Kier alpha value is -2.83. The summed E-state index contributed by atoms with van der Waals surface area (Å²) in [5.41, 5.74) is 8.71. The van der Waals surface area contributed by atoms with Gasteiger partial charge in [0.2, 0.25) is 0 Å². The fourth-order valence-corrected chi connectivity index (χ4v) is 4.05. The predicted molar refractivity (Wildman–Crippen MR) is 120 cm³/mol. The Morgan fingerprint density at radius 1 is 1.17 bits per heavy atom. The van der Waals surface area contributed by atoms with Gasteiger partial charge in [0.1, 0.15) is 11.4 Å². The van der Waals surface area contributed by atoms with Gasteiger partial charge in [0.05, 0.1) is 18.4 Å². The Kier molecular flexibility index (Phi) is 7.13. The molecule has 3 N–H and O–H groups in total. The third-order valence-corrected chi connectivity index (χ3v) is 5.62. The molecular formula is C23H27ClN4O2. The molecule has 1 aliphatic carbocycles. The van der Waals surface area contributed by atoms with Crippen LogP contribution in [0.4, 0.5) is 0 Å². The van der Waals surface area contributed by atoms with Crippen LogP contribution in [0.25, 0.3) is 16.9 Å². The maximum Gasteiger partial charge on any atom is 0.255 e. The van der Waals surface area contributed by atoms with Gasteiger partial charge >= 0.3 is 0 Å². The zero-order valence-corrected chi connectivity index (χ0v) is 17.8. The normalized spacial score (nSPS) is 17.9. The Morgan fingerprint density at radius 2 is 1.90 bits per heavy atom. The van der Waals surface area contributed by atoms with Crippen LogP contribution in [0.1, 0.15) is 29.6 Å². The number of carbonyl (C=O) groups excluding carboxylic acids is 1. The van der Waals surface area contributed by atoms with E-state index in [2.05, 4.69) is 5.32 Å². The van der Waals surface area contributed by atoms with E-state index in [1.54, 1.807) is 18.0 Å². The van der Waals surface area contributed by atoms with Gasteiger partial charge in [0, 0.05) is 17.8 Å². The van der Waals surface area contributed by atoms with Crippen molar-refractivity contribution in [3.8, 4) is 22.7 Å². The van der Waals surface area contributed by atoms with Gasteiger partial charge in [-0.2, -0.15) is 5.10 Å². The van der Waals surface area contributed by atoms with Crippen molar-refractivity contribution in [2.45, 2.75) is 25.3 Å². The Balaban J connectivity index is 0.00000256. The second kappa shape index (κ2) is 9.78.